The molecule has 4 rings (SSSR count). The van der Waals surface area contributed by atoms with Gasteiger partial charge in [-0.2, -0.15) is 5.10 Å². The Kier molecular flexibility index (Phi) is 8.15. The summed E-state index contributed by atoms with van der Waals surface area (Å²) in [5, 5.41) is 15.3. The Hall–Kier alpha value is -2.81. The number of rotatable bonds is 12. The Morgan fingerprint density at radius 2 is 1.66 bits per heavy atom. The van der Waals surface area contributed by atoms with Crippen molar-refractivity contribution in [2.45, 2.75) is 52.3 Å². The fourth-order valence-electron chi connectivity index (χ4n) is 3.95. The van der Waals surface area contributed by atoms with Gasteiger partial charge in [-0.15, -0.1) is 0 Å². The first-order valence-electron chi connectivity index (χ1n) is 12.1. The predicted octanol–water partition coefficient (Wildman–Crippen LogP) is 5.25. The summed E-state index contributed by atoms with van der Waals surface area (Å²) in [5.74, 6) is 0.669. The third-order valence-electron chi connectivity index (χ3n) is 5.87. The zero-order chi connectivity index (χ0) is 24.9. The molecule has 2 aromatic carbocycles. The summed E-state index contributed by atoms with van der Waals surface area (Å²) in [6.45, 7) is 7.95. The molecule has 0 radical (unpaired) electrons. The number of hydrogen-bond acceptors (Lipinski definition) is 5. The summed E-state index contributed by atoms with van der Waals surface area (Å²) < 4.78 is 40.5. The maximum atomic E-state index is 13.6. The molecule has 6 nitrogen and oxygen atoms in total. The summed E-state index contributed by atoms with van der Waals surface area (Å²) in [7, 11) is 0. The van der Waals surface area contributed by atoms with Crippen LogP contribution in [0.3, 0.4) is 0 Å². The van der Waals surface area contributed by atoms with E-state index < -0.39 is 6.10 Å². The predicted molar refractivity (Wildman–Crippen MR) is 130 cm³/mol. The molecule has 1 heterocycles. The van der Waals surface area contributed by atoms with Crippen molar-refractivity contribution in [3.63, 3.8) is 0 Å². The first kappa shape index (κ1) is 25.3. The highest BCUT2D eigenvalue weighted by atomic mass is 19.1. The van der Waals surface area contributed by atoms with E-state index in [0.29, 0.717) is 49.0 Å². The molecule has 1 unspecified atom stereocenters. The Morgan fingerprint density at radius 1 is 1.03 bits per heavy atom. The first-order valence-corrected chi connectivity index (χ1v) is 12.1. The van der Waals surface area contributed by atoms with Gasteiger partial charge in [-0.05, 0) is 74.2 Å². The van der Waals surface area contributed by atoms with Gasteiger partial charge in [0.05, 0.1) is 29.7 Å². The zero-order valence-electron chi connectivity index (χ0n) is 20.5. The van der Waals surface area contributed by atoms with E-state index in [9.17, 15) is 13.9 Å². The number of nitrogens with zero attached hydrogens (tertiary/aromatic N) is 3. The fraction of sp³-hybridized carbons (Fsp3) is 0.444. The maximum Gasteiger partial charge on any atom is 0.227 e. The molecular formula is C27H33F2N3O3. The molecule has 188 valence electrons. The van der Waals surface area contributed by atoms with E-state index in [4.69, 9.17) is 9.47 Å². The van der Waals surface area contributed by atoms with E-state index in [-0.39, 0.29) is 18.2 Å². The number of hydrogen-bond donors (Lipinski definition) is 1. The van der Waals surface area contributed by atoms with E-state index >= 15 is 0 Å². The highest BCUT2D eigenvalue weighted by molar-refractivity contribution is 5.43. The second kappa shape index (κ2) is 11.3. The van der Waals surface area contributed by atoms with E-state index in [1.54, 1.807) is 28.9 Å². The number of ether oxygens (including phenoxy) is 2. The van der Waals surface area contributed by atoms with Crippen molar-refractivity contribution in [1.82, 2.24) is 14.7 Å². The molecule has 0 spiro atoms. The van der Waals surface area contributed by atoms with Gasteiger partial charge in [0.2, 0.25) is 5.88 Å². The van der Waals surface area contributed by atoms with Gasteiger partial charge in [0.25, 0.3) is 0 Å². The molecule has 1 aliphatic carbocycles. The van der Waals surface area contributed by atoms with Crippen molar-refractivity contribution in [1.29, 1.82) is 0 Å². The van der Waals surface area contributed by atoms with Crippen LogP contribution in [-0.4, -0.2) is 51.7 Å². The Morgan fingerprint density at radius 3 is 2.26 bits per heavy atom. The number of aliphatic hydroxyl groups excluding tert-OH is 1. The summed E-state index contributed by atoms with van der Waals surface area (Å²) in [4.78, 5) is 2.24. The van der Waals surface area contributed by atoms with Crippen molar-refractivity contribution in [2.24, 2.45) is 5.92 Å². The molecule has 0 aliphatic heterocycles. The summed E-state index contributed by atoms with van der Waals surface area (Å²) in [6, 6.07) is 12.2. The lowest BCUT2D eigenvalue weighted by molar-refractivity contribution is 0.00536. The van der Waals surface area contributed by atoms with Crippen LogP contribution in [0.25, 0.3) is 5.69 Å². The normalized spacial score (nSPS) is 14.6. The highest BCUT2D eigenvalue weighted by Gasteiger charge is 2.32. The van der Waals surface area contributed by atoms with Crippen LogP contribution in [0.15, 0.2) is 48.5 Å². The van der Waals surface area contributed by atoms with Crippen molar-refractivity contribution in [3.8, 4) is 17.3 Å². The SMILES string of the molecule is Cc1nn(-c2ccc(F)cc2)c(Oc2ccc(F)cc2)c1CN(CC(O)COCC(C)C)C1CC1. The molecule has 1 aliphatic rings. The molecule has 1 saturated carbocycles. The quantitative estimate of drug-likeness (QED) is 0.380. The van der Waals surface area contributed by atoms with Crippen molar-refractivity contribution >= 4 is 0 Å². The molecule has 8 heteroatoms. The monoisotopic (exact) mass is 485 g/mol. The number of halogens is 2. The third-order valence-corrected chi connectivity index (χ3v) is 5.87. The van der Waals surface area contributed by atoms with Crippen LogP contribution in [0.4, 0.5) is 8.78 Å². The summed E-state index contributed by atoms with van der Waals surface area (Å²) in [6.07, 6.45) is 1.53. The molecule has 1 aromatic heterocycles. The Bertz CT molecular complexity index is 1100. The van der Waals surface area contributed by atoms with E-state index in [1.807, 2.05) is 6.92 Å². The van der Waals surface area contributed by atoms with Gasteiger partial charge in [0, 0.05) is 25.7 Å². The molecule has 1 fully saturated rings. The highest BCUT2D eigenvalue weighted by Crippen LogP contribution is 2.35. The van der Waals surface area contributed by atoms with Crippen molar-refractivity contribution in [3.05, 3.63) is 71.4 Å². The molecule has 0 saturated heterocycles. The standard InChI is InChI=1S/C27H33F2N3O3/c1-18(2)16-34-17-24(33)14-31(22-10-11-22)15-26-19(3)30-32(23-8-4-20(28)5-9-23)27(26)35-25-12-6-21(29)7-13-25/h4-9,12-13,18,22,24,33H,10-11,14-17H2,1-3H3. The van der Waals surface area contributed by atoms with Gasteiger partial charge in [0.15, 0.2) is 0 Å². The lowest BCUT2D eigenvalue weighted by Crippen LogP contribution is -2.36. The average molecular weight is 486 g/mol. The second-order valence-corrected chi connectivity index (χ2v) is 9.56. The topological polar surface area (TPSA) is 59.8 Å². The zero-order valence-corrected chi connectivity index (χ0v) is 20.5. The molecule has 1 N–H and O–H groups in total. The molecular weight excluding hydrogens is 452 g/mol. The van der Waals surface area contributed by atoms with E-state index in [2.05, 4.69) is 23.8 Å². The molecule has 0 amide bonds. The second-order valence-electron chi connectivity index (χ2n) is 9.56. The average Bonchev–Trinajstić information content (AvgIpc) is 3.62. The van der Waals surface area contributed by atoms with Gasteiger partial charge < -0.3 is 14.6 Å². The van der Waals surface area contributed by atoms with Crippen LogP contribution in [0.2, 0.25) is 0 Å². The van der Waals surface area contributed by atoms with Crippen LogP contribution in [0.5, 0.6) is 11.6 Å². The first-order chi connectivity index (χ1) is 16.8. The molecule has 0 bridgehead atoms. The van der Waals surface area contributed by atoms with Crippen LogP contribution in [0.1, 0.15) is 37.9 Å². The van der Waals surface area contributed by atoms with Gasteiger partial charge in [-0.25, -0.2) is 13.5 Å². The minimum absolute atomic E-state index is 0.286. The van der Waals surface area contributed by atoms with Crippen LogP contribution in [-0.2, 0) is 11.3 Å². The molecule has 1 atom stereocenters. The lowest BCUT2D eigenvalue weighted by Gasteiger charge is -2.25. The third kappa shape index (κ3) is 6.87. The van der Waals surface area contributed by atoms with E-state index in [0.717, 1.165) is 24.1 Å². The number of aliphatic hydroxyl groups is 1. The van der Waals surface area contributed by atoms with Gasteiger partial charge in [0.1, 0.15) is 17.4 Å². The van der Waals surface area contributed by atoms with Crippen LogP contribution < -0.4 is 4.74 Å². The number of benzene rings is 2. The number of aryl methyl sites for hydroxylation is 1. The Labute approximate surface area is 205 Å². The van der Waals surface area contributed by atoms with E-state index in [1.165, 1.54) is 24.3 Å². The Balaban J connectivity index is 1.60. The smallest absolute Gasteiger partial charge is 0.227 e. The van der Waals surface area contributed by atoms with Crippen molar-refractivity contribution in [2.75, 3.05) is 19.8 Å². The molecule has 35 heavy (non-hydrogen) atoms. The van der Waals surface area contributed by atoms with Crippen molar-refractivity contribution < 1.29 is 23.4 Å². The van der Waals surface area contributed by atoms with Gasteiger partial charge >= 0.3 is 0 Å². The van der Waals surface area contributed by atoms with Gasteiger partial charge in [-0.3, -0.25) is 4.90 Å². The van der Waals surface area contributed by atoms with Crippen LogP contribution >= 0.6 is 0 Å². The minimum atomic E-state index is -0.608. The largest absolute Gasteiger partial charge is 0.439 e. The summed E-state index contributed by atoms with van der Waals surface area (Å²) >= 11 is 0. The lowest BCUT2D eigenvalue weighted by atomic mass is 10.2. The number of aromatic nitrogens is 2. The summed E-state index contributed by atoms with van der Waals surface area (Å²) in [5.41, 5.74) is 2.28. The maximum absolute atomic E-state index is 13.6. The minimum Gasteiger partial charge on any atom is -0.439 e. The molecule has 3 aromatic rings. The fourth-order valence-corrected chi connectivity index (χ4v) is 3.95. The van der Waals surface area contributed by atoms with Gasteiger partial charge in [-0.1, -0.05) is 13.8 Å². The van der Waals surface area contributed by atoms with Crippen LogP contribution in [0, 0.1) is 24.5 Å².